The third kappa shape index (κ3) is 17.9. The molecular weight excluding hydrogens is 674 g/mol. The lowest BCUT2D eigenvalue weighted by Crippen LogP contribution is -2.31. The number of rotatable bonds is 16. The molecule has 2 aromatic carbocycles. The SMILES string of the molecule is C/C=C\C.CC.CCN(CC(C)C)c1ccc(/C=C(\C#N)C(=O)OC(C)COC(=O)/C(C#N)=C/c2ccc(N(CC(C)C)CC(C)C)cc2F)c(F)c1. The molecule has 0 amide bonds. The Morgan fingerprint density at radius 1 is 0.717 bits per heavy atom. The van der Waals surface area contributed by atoms with Gasteiger partial charge < -0.3 is 19.3 Å². The number of benzene rings is 2. The molecule has 0 aliphatic carbocycles. The standard InChI is InChI=1S/C37H46F2N4O4.C4H8.C2H6/c1-9-42(20-24(2)3)32-12-10-29(34(38)16-32)15-31(19-41)37(45)47-27(8)23-46-36(44)30(18-40)14-28-11-13-33(17-35(28)39)43(21-25(4)5)22-26(6)7;1-3-4-2;1-2/h10-17,24-27H,9,20-23H2,1-8H3;3-4H,1-2H3;1-2H3/b30-14+,31-15+;4-3-;. The zero-order valence-corrected chi connectivity index (χ0v) is 33.8. The van der Waals surface area contributed by atoms with Gasteiger partial charge in [0.2, 0.25) is 0 Å². The maximum Gasteiger partial charge on any atom is 0.349 e. The van der Waals surface area contributed by atoms with Gasteiger partial charge in [0, 0.05) is 48.7 Å². The molecule has 0 bridgehead atoms. The van der Waals surface area contributed by atoms with Gasteiger partial charge in [0.1, 0.15) is 47.6 Å². The molecule has 290 valence electrons. The van der Waals surface area contributed by atoms with Gasteiger partial charge in [-0.3, -0.25) is 0 Å². The number of halogens is 2. The molecule has 0 saturated carbocycles. The van der Waals surface area contributed by atoms with Crippen LogP contribution < -0.4 is 9.80 Å². The first-order chi connectivity index (χ1) is 25.1. The predicted molar refractivity (Wildman–Crippen MR) is 213 cm³/mol. The minimum absolute atomic E-state index is 0.0403. The van der Waals surface area contributed by atoms with Crippen LogP contribution in [0.25, 0.3) is 12.2 Å². The molecule has 0 aromatic heterocycles. The number of allylic oxidation sites excluding steroid dienone is 2. The topological polar surface area (TPSA) is 107 Å². The zero-order valence-electron chi connectivity index (χ0n) is 33.8. The molecule has 10 heteroatoms. The van der Waals surface area contributed by atoms with Gasteiger partial charge in [0.05, 0.1) is 0 Å². The fraction of sp³-hybridized carbons (Fsp3) is 0.488. The van der Waals surface area contributed by atoms with E-state index in [4.69, 9.17) is 9.47 Å². The van der Waals surface area contributed by atoms with Gasteiger partial charge >= 0.3 is 11.9 Å². The Bertz CT molecular complexity index is 1600. The van der Waals surface area contributed by atoms with Gasteiger partial charge in [0.15, 0.2) is 0 Å². The van der Waals surface area contributed by atoms with E-state index in [2.05, 4.69) is 46.4 Å². The second kappa shape index (κ2) is 25.9. The molecule has 8 nitrogen and oxygen atoms in total. The van der Waals surface area contributed by atoms with Crippen molar-refractivity contribution in [1.82, 2.24) is 0 Å². The quantitative estimate of drug-likeness (QED) is 0.0726. The number of esters is 2. The average Bonchev–Trinajstić information content (AvgIpc) is 3.11. The summed E-state index contributed by atoms with van der Waals surface area (Å²) in [6.07, 6.45) is 5.19. The third-order valence-corrected chi connectivity index (χ3v) is 7.21. The Hall–Kier alpha value is -4.96. The lowest BCUT2D eigenvalue weighted by atomic mass is 10.1. The van der Waals surface area contributed by atoms with Crippen LogP contribution in [0.3, 0.4) is 0 Å². The van der Waals surface area contributed by atoms with Crippen LogP contribution in [-0.2, 0) is 19.1 Å². The van der Waals surface area contributed by atoms with Crippen molar-refractivity contribution in [1.29, 1.82) is 10.5 Å². The number of anilines is 2. The molecule has 53 heavy (non-hydrogen) atoms. The summed E-state index contributed by atoms with van der Waals surface area (Å²) in [5, 5.41) is 19.1. The van der Waals surface area contributed by atoms with Gasteiger partial charge in [-0.2, -0.15) is 10.5 Å². The summed E-state index contributed by atoms with van der Waals surface area (Å²) < 4.78 is 40.3. The van der Waals surface area contributed by atoms with E-state index in [1.807, 2.05) is 51.7 Å². The summed E-state index contributed by atoms with van der Waals surface area (Å²) in [6.45, 7) is 26.4. The van der Waals surface area contributed by atoms with Crippen molar-refractivity contribution in [2.45, 2.75) is 89.2 Å². The van der Waals surface area contributed by atoms with Crippen LogP contribution in [0.4, 0.5) is 20.2 Å². The molecule has 1 unspecified atom stereocenters. The largest absolute Gasteiger partial charge is 0.458 e. The molecule has 0 spiro atoms. The van der Waals surface area contributed by atoms with E-state index >= 15 is 4.39 Å². The fourth-order valence-corrected chi connectivity index (χ4v) is 4.82. The lowest BCUT2D eigenvalue weighted by molar-refractivity contribution is -0.152. The van der Waals surface area contributed by atoms with E-state index in [9.17, 15) is 24.5 Å². The summed E-state index contributed by atoms with van der Waals surface area (Å²) in [7, 11) is 0. The molecule has 0 aliphatic heterocycles. The number of ether oxygens (including phenoxy) is 2. The summed E-state index contributed by atoms with van der Waals surface area (Å²) >= 11 is 0. The maximum atomic E-state index is 15.1. The van der Waals surface area contributed by atoms with Gasteiger partial charge in [0.25, 0.3) is 0 Å². The monoisotopic (exact) mass is 734 g/mol. The number of nitriles is 2. The summed E-state index contributed by atoms with van der Waals surface area (Å²) in [4.78, 5) is 29.4. The van der Waals surface area contributed by atoms with E-state index in [0.29, 0.717) is 35.7 Å². The van der Waals surface area contributed by atoms with Crippen LogP contribution >= 0.6 is 0 Å². The Kier molecular flexibility index (Phi) is 23.5. The smallest absolute Gasteiger partial charge is 0.349 e. The Morgan fingerprint density at radius 3 is 1.47 bits per heavy atom. The highest BCUT2D eigenvalue weighted by molar-refractivity contribution is 5.99. The average molecular weight is 735 g/mol. The normalized spacial score (nSPS) is 11.9. The first-order valence-electron chi connectivity index (χ1n) is 18.4. The van der Waals surface area contributed by atoms with Crippen LogP contribution in [-0.4, -0.2) is 50.8 Å². The second-order valence-electron chi connectivity index (χ2n) is 13.4. The number of hydrogen-bond donors (Lipinski definition) is 0. The lowest BCUT2D eigenvalue weighted by Gasteiger charge is -2.28. The van der Waals surface area contributed by atoms with Crippen molar-refractivity contribution in [3.8, 4) is 12.1 Å². The van der Waals surface area contributed by atoms with E-state index in [0.717, 1.165) is 31.8 Å². The van der Waals surface area contributed by atoms with E-state index < -0.39 is 47.4 Å². The van der Waals surface area contributed by atoms with Crippen molar-refractivity contribution in [3.05, 3.63) is 82.5 Å². The highest BCUT2D eigenvalue weighted by Gasteiger charge is 2.20. The third-order valence-electron chi connectivity index (χ3n) is 7.21. The van der Waals surface area contributed by atoms with Crippen molar-refractivity contribution >= 4 is 35.5 Å². The summed E-state index contributed by atoms with van der Waals surface area (Å²) in [5.41, 5.74) is 0.590. The van der Waals surface area contributed by atoms with E-state index in [1.54, 1.807) is 24.3 Å². The molecule has 2 rings (SSSR count). The Morgan fingerprint density at radius 2 is 1.11 bits per heavy atom. The van der Waals surface area contributed by atoms with E-state index in [-0.39, 0.29) is 11.1 Å². The number of nitrogens with zero attached hydrogens (tertiary/aromatic N) is 4. The highest BCUT2D eigenvalue weighted by Crippen LogP contribution is 2.24. The van der Waals surface area contributed by atoms with Crippen molar-refractivity contribution < 1.29 is 27.8 Å². The number of hydrogen-bond acceptors (Lipinski definition) is 8. The highest BCUT2D eigenvalue weighted by atomic mass is 19.1. The molecule has 0 radical (unpaired) electrons. The van der Waals surface area contributed by atoms with Gasteiger partial charge in [-0.1, -0.05) is 67.5 Å². The first kappa shape index (κ1) is 48.0. The molecule has 0 heterocycles. The zero-order chi connectivity index (χ0) is 40.7. The van der Waals surface area contributed by atoms with Crippen LogP contribution in [0.15, 0.2) is 59.7 Å². The second-order valence-corrected chi connectivity index (χ2v) is 13.4. The molecule has 0 aliphatic rings. The molecule has 0 saturated heterocycles. The van der Waals surface area contributed by atoms with E-state index in [1.165, 1.54) is 31.2 Å². The van der Waals surface area contributed by atoms with Gasteiger partial charge in [-0.05, 0) is 94.0 Å². The van der Waals surface area contributed by atoms with Crippen molar-refractivity contribution in [2.24, 2.45) is 17.8 Å². The van der Waals surface area contributed by atoms with Crippen LogP contribution in [0.1, 0.15) is 94.2 Å². The number of carbonyl (C=O) groups excluding carboxylic acids is 2. The minimum Gasteiger partial charge on any atom is -0.458 e. The van der Waals surface area contributed by atoms with Crippen LogP contribution in [0.2, 0.25) is 0 Å². The molecule has 1 atom stereocenters. The predicted octanol–water partition coefficient (Wildman–Crippen LogP) is 10.2. The van der Waals surface area contributed by atoms with Gasteiger partial charge in [-0.25, -0.2) is 18.4 Å². The first-order valence-corrected chi connectivity index (χ1v) is 18.4. The number of carbonyl (C=O) groups is 2. The molecule has 2 aromatic rings. The fourth-order valence-electron chi connectivity index (χ4n) is 4.82. The van der Waals surface area contributed by atoms with Crippen LogP contribution in [0.5, 0.6) is 0 Å². The summed E-state index contributed by atoms with van der Waals surface area (Å²) in [6, 6.07) is 12.6. The molecule has 0 N–H and O–H groups in total. The Balaban J connectivity index is 0.00000420. The van der Waals surface area contributed by atoms with Gasteiger partial charge in [-0.15, -0.1) is 0 Å². The van der Waals surface area contributed by atoms with Crippen molar-refractivity contribution in [3.63, 3.8) is 0 Å². The van der Waals surface area contributed by atoms with Crippen LogP contribution in [0, 0.1) is 52.1 Å². The molecule has 0 fully saturated rings. The Labute approximate surface area is 317 Å². The minimum atomic E-state index is -1.03. The maximum absolute atomic E-state index is 15.1. The van der Waals surface area contributed by atoms with Crippen molar-refractivity contribution in [2.75, 3.05) is 42.6 Å². The molecular formula is C43H60F2N4O4. The summed E-state index contributed by atoms with van der Waals surface area (Å²) in [5.74, 6) is -2.14.